The molecule has 0 aliphatic heterocycles. The van der Waals surface area contributed by atoms with Gasteiger partial charge in [0.15, 0.2) is 5.65 Å². The SMILES string of the molecule is O=C(Nc1ccccc1)c1cnc2nc(Cl)c3ccccc3c2c1. The van der Waals surface area contributed by atoms with Crippen molar-refractivity contribution >= 4 is 45.0 Å². The number of anilines is 1. The smallest absolute Gasteiger partial charge is 0.257 e. The van der Waals surface area contributed by atoms with Crippen LogP contribution < -0.4 is 5.32 Å². The quantitative estimate of drug-likeness (QED) is 0.427. The zero-order valence-corrected chi connectivity index (χ0v) is 13.3. The van der Waals surface area contributed by atoms with E-state index in [0.717, 1.165) is 21.8 Å². The Labute approximate surface area is 143 Å². The number of carbonyl (C=O) groups is 1. The average molecular weight is 334 g/mol. The van der Waals surface area contributed by atoms with Crippen LogP contribution in [0.3, 0.4) is 0 Å². The van der Waals surface area contributed by atoms with Crippen LogP contribution in [-0.2, 0) is 0 Å². The first-order chi connectivity index (χ1) is 11.7. The lowest BCUT2D eigenvalue weighted by Gasteiger charge is -2.08. The van der Waals surface area contributed by atoms with E-state index in [9.17, 15) is 4.79 Å². The van der Waals surface area contributed by atoms with Gasteiger partial charge in [0, 0.05) is 22.7 Å². The molecule has 4 rings (SSSR count). The molecule has 116 valence electrons. The molecule has 0 fully saturated rings. The fraction of sp³-hybridized carbons (Fsp3) is 0. The molecule has 0 saturated carbocycles. The van der Waals surface area contributed by atoms with Crippen LogP contribution in [0.1, 0.15) is 10.4 Å². The molecular formula is C19H12ClN3O. The number of nitrogens with one attached hydrogen (secondary N) is 1. The zero-order chi connectivity index (χ0) is 16.5. The lowest BCUT2D eigenvalue weighted by Crippen LogP contribution is -2.12. The summed E-state index contributed by atoms with van der Waals surface area (Å²) in [6.45, 7) is 0. The Kier molecular flexibility index (Phi) is 3.59. The van der Waals surface area contributed by atoms with Crippen molar-refractivity contribution in [3.63, 3.8) is 0 Å². The third kappa shape index (κ3) is 2.57. The highest BCUT2D eigenvalue weighted by Crippen LogP contribution is 2.28. The molecule has 0 aliphatic carbocycles. The predicted octanol–water partition coefficient (Wildman–Crippen LogP) is 4.69. The summed E-state index contributed by atoms with van der Waals surface area (Å²) in [5.41, 5.74) is 1.73. The summed E-state index contributed by atoms with van der Waals surface area (Å²) in [4.78, 5) is 21.1. The van der Waals surface area contributed by atoms with Gasteiger partial charge in [0.1, 0.15) is 5.15 Å². The summed E-state index contributed by atoms with van der Waals surface area (Å²) in [5, 5.41) is 5.83. The number of hydrogen-bond acceptors (Lipinski definition) is 3. The molecule has 0 radical (unpaired) electrons. The average Bonchev–Trinajstić information content (AvgIpc) is 2.62. The molecule has 2 aromatic heterocycles. The highest BCUT2D eigenvalue weighted by molar-refractivity contribution is 6.35. The summed E-state index contributed by atoms with van der Waals surface area (Å²) >= 11 is 6.22. The van der Waals surface area contributed by atoms with E-state index in [1.165, 1.54) is 6.20 Å². The van der Waals surface area contributed by atoms with E-state index in [4.69, 9.17) is 11.6 Å². The third-order valence-corrected chi connectivity index (χ3v) is 4.09. The first kappa shape index (κ1) is 14.6. The first-order valence-corrected chi connectivity index (χ1v) is 7.80. The van der Waals surface area contributed by atoms with Gasteiger partial charge in [0.2, 0.25) is 0 Å². The van der Waals surface area contributed by atoms with Crippen molar-refractivity contribution in [2.75, 3.05) is 5.32 Å². The number of aromatic nitrogens is 2. The van der Waals surface area contributed by atoms with E-state index < -0.39 is 0 Å². The van der Waals surface area contributed by atoms with Crippen molar-refractivity contribution in [3.8, 4) is 0 Å². The minimum Gasteiger partial charge on any atom is -0.322 e. The normalized spacial score (nSPS) is 10.9. The van der Waals surface area contributed by atoms with Crippen LogP contribution in [0.2, 0.25) is 5.15 Å². The lowest BCUT2D eigenvalue weighted by atomic mass is 10.1. The van der Waals surface area contributed by atoms with E-state index in [0.29, 0.717) is 16.4 Å². The Hall–Kier alpha value is -2.98. The Balaban J connectivity index is 1.81. The molecule has 0 aliphatic rings. The van der Waals surface area contributed by atoms with E-state index in [1.54, 1.807) is 6.07 Å². The van der Waals surface area contributed by atoms with Gasteiger partial charge in [-0.3, -0.25) is 4.79 Å². The summed E-state index contributed by atoms with van der Waals surface area (Å²) in [5.74, 6) is -0.213. The van der Waals surface area contributed by atoms with Crippen LogP contribution >= 0.6 is 11.6 Å². The van der Waals surface area contributed by atoms with Crippen molar-refractivity contribution in [1.82, 2.24) is 9.97 Å². The molecule has 4 aromatic rings. The zero-order valence-electron chi connectivity index (χ0n) is 12.5. The highest BCUT2D eigenvalue weighted by atomic mass is 35.5. The van der Waals surface area contributed by atoms with Gasteiger partial charge in [-0.15, -0.1) is 0 Å². The maximum absolute atomic E-state index is 12.5. The summed E-state index contributed by atoms with van der Waals surface area (Å²) < 4.78 is 0. The second kappa shape index (κ2) is 5.91. The van der Waals surface area contributed by atoms with E-state index in [1.807, 2.05) is 54.6 Å². The molecule has 0 saturated heterocycles. The number of para-hydroxylation sites is 1. The second-order valence-electron chi connectivity index (χ2n) is 5.36. The van der Waals surface area contributed by atoms with Crippen molar-refractivity contribution in [2.45, 2.75) is 0 Å². The topological polar surface area (TPSA) is 54.9 Å². The number of amides is 1. The van der Waals surface area contributed by atoms with Crippen LogP contribution in [0.4, 0.5) is 5.69 Å². The van der Waals surface area contributed by atoms with Gasteiger partial charge < -0.3 is 5.32 Å². The monoisotopic (exact) mass is 333 g/mol. The van der Waals surface area contributed by atoms with Gasteiger partial charge in [-0.2, -0.15) is 0 Å². The summed E-state index contributed by atoms with van der Waals surface area (Å²) in [6.07, 6.45) is 1.51. The third-order valence-electron chi connectivity index (χ3n) is 3.80. The fourth-order valence-corrected chi connectivity index (χ4v) is 2.89. The summed E-state index contributed by atoms with van der Waals surface area (Å²) in [7, 11) is 0. The van der Waals surface area contributed by atoms with Crippen molar-refractivity contribution < 1.29 is 4.79 Å². The molecule has 0 unspecified atom stereocenters. The Morgan fingerprint density at radius 3 is 2.42 bits per heavy atom. The number of rotatable bonds is 2. The van der Waals surface area contributed by atoms with Crippen molar-refractivity contribution in [2.24, 2.45) is 0 Å². The molecule has 0 spiro atoms. The Morgan fingerprint density at radius 1 is 0.917 bits per heavy atom. The fourth-order valence-electron chi connectivity index (χ4n) is 2.64. The number of halogens is 1. The second-order valence-corrected chi connectivity index (χ2v) is 5.72. The summed E-state index contributed by atoms with van der Waals surface area (Å²) in [6, 6.07) is 18.8. The van der Waals surface area contributed by atoms with Gasteiger partial charge in [0.25, 0.3) is 5.91 Å². The minimum absolute atomic E-state index is 0.213. The standard InChI is InChI=1S/C19H12ClN3O/c20-17-15-9-5-4-8-14(15)16-10-12(11-21-18(16)23-17)19(24)22-13-6-2-1-3-7-13/h1-11H,(H,22,24). The highest BCUT2D eigenvalue weighted by Gasteiger charge is 2.12. The predicted molar refractivity (Wildman–Crippen MR) is 96.4 cm³/mol. The Morgan fingerprint density at radius 2 is 1.62 bits per heavy atom. The van der Waals surface area contributed by atoms with Crippen molar-refractivity contribution in [3.05, 3.63) is 77.6 Å². The molecule has 5 heteroatoms. The Bertz CT molecular complexity index is 1060. The van der Waals surface area contributed by atoms with Crippen LogP contribution in [-0.4, -0.2) is 15.9 Å². The largest absolute Gasteiger partial charge is 0.322 e. The molecule has 24 heavy (non-hydrogen) atoms. The van der Waals surface area contributed by atoms with Gasteiger partial charge >= 0.3 is 0 Å². The number of nitrogens with zero attached hydrogens (tertiary/aromatic N) is 2. The molecule has 2 aromatic carbocycles. The molecule has 0 atom stereocenters. The molecule has 4 nitrogen and oxygen atoms in total. The van der Waals surface area contributed by atoms with Crippen LogP contribution in [0, 0.1) is 0 Å². The maximum Gasteiger partial charge on any atom is 0.257 e. The molecule has 1 amide bonds. The van der Waals surface area contributed by atoms with Crippen molar-refractivity contribution in [1.29, 1.82) is 0 Å². The van der Waals surface area contributed by atoms with Gasteiger partial charge in [-0.25, -0.2) is 9.97 Å². The maximum atomic E-state index is 12.5. The van der Waals surface area contributed by atoms with Crippen LogP contribution in [0.15, 0.2) is 66.9 Å². The number of pyridine rings is 2. The number of fused-ring (bicyclic) bond motifs is 3. The van der Waals surface area contributed by atoms with Gasteiger partial charge in [0.05, 0.1) is 5.56 Å². The van der Waals surface area contributed by atoms with E-state index in [2.05, 4.69) is 15.3 Å². The number of hydrogen-bond donors (Lipinski definition) is 1. The molecule has 2 heterocycles. The molecule has 1 N–H and O–H groups in total. The minimum atomic E-state index is -0.213. The van der Waals surface area contributed by atoms with Crippen LogP contribution in [0.25, 0.3) is 21.8 Å². The molecule has 0 bridgehead atoms. The molecular weight excluding hydrogens is 322 g/mol. The van der Waals surface area contributed by atoms with E-state index in [-0.39, 0.29) is 5.91 Å². The van der Waals surface area contributed by atoms with Gasteiger partial charge in [-0.1, -0.05) is 54.1 Å². The number of carbonyl (C=O) groups excluding carboxylic acids is 1. The first-order valence-electron chi connectivity index (χ1n) is 7.43. The van der Waals surface area contributed by atoms with Crippen LogP contribution in [0.5, 0.6) is 0 Å². The lowest BCUT2D eigenvalue weighted by molar-refractivity contribution is 0.102. The van der Waals surface area contributed by atoms with E-state index >= 15 is 0 Å². The van der Waals surface area contributed by atoms with Gasteiger partial charge in [-0.05, 0) is 23.6 Å². The number of benzene rings is 2.